The average molecular weight is 941 g/mol. The second-order valence-electron chi connectivity index (χ2n) is 12.8. The molecule has 4 aliphatic heterocycles. The Hall–Kier alpha value is -3.07. The summed E-state index contributed by atoms with van der Waals surface area (Å²) in [5.41, 5.74) is 0.827. The predicted octanol–water partition coefficient (Wildman–Crippen LogP) is 8.23. The Labute approximate surface area is 358 Å². The minimum atomic E-state index is -3.56. The molecule has 59 heavy (non-hydrogen) atoms. The quantitative estimate of drug-likeness (QED) is 0.102. The van der Waals surface area contributed by atoms with Gasteiger partial charge in [-0.05, 0) is 62.3 Å². The van der Waals surface area contributed by atoms with Gasteiger partial charge in [0.25, 0.3) is 11.1 Å². The largest absolute Gasteiger partial charge is 0.619 e. The van der Waals surface area contributed by atoms with Crippen molar-refractivity contribution in [2.45, 2.75) is 63.6 Å². The van der Waals surface area contributed by atoms with Crippen molar-refractivity contribution in [1.82, 2.24) is 19.1 Å². The lowest BCUT2D eigenvalue weighted by molar-refractivity contribution is -0.0294. The molecule has 2 fully saturated rings. The molecule has 4 aromatic rings. The van der Waals surface area contributed by atoms with E-state index >= 15 is 0 Å². The summed E-state index contributed by atoms with van der Waals surface area (Å²) >= 11 is 22.1. The highest BCUT2D eigenvalue weighted by Gasteiger charge is 2.52. The van der Waals surface area contributed by atoms with E-state index in [1.54, 1.807) is 22.3 Å². The maximum Gasteiger partial charge on any atom is 0.619 e. The first-order valence-corrected chi connectivity index (χ1v) is 22.0. The molecule has 0 spiro atoms. The molecule has 6 unspecified atom stereocenters. The summed E-state index contributed by atoms with van der Waals surface area (Å²) in [5, 5.41) is 0.0933. The van der Waals surface area contributed by atoms with Crippen molar-refractivity contribution in [3.63, 3.8) is 0 Å². The molecule has 0 saturated carbocycles. The fourth-order valence-corrected chi connectivity index (χ4v) is 9.39. The van der Waals surface area contributed by atoms with Gasteiger partial charge in [0, 0.05) is 23.5 Å². The fraction of sp³-hybridized carbons (Fsp3) is 0.429. The Bertz CT molecular complexity index is 2310. The highest BCUT2D eigenvalue weighted by molar-refractivity contribution is 7.71. The molecule has 4 aliphatic rings. The maximum absolute atomic E-state index is 11.5. The minimum absolute atomic E-state index is 0.0266. The van der Waals surface area contributed by atoms with Gasteiger partial charge in [-0.2, -0.15) is 4.89 Å². The minimum Gasteiger partial charge on any atom is -0.493 e. The van der Waals surface area contributed by atoms with Gasteiger partial charge in [-0.25, -0.2) is 0 Å². The Morgan fingerprint density at radius 2 is 1.36 bits per heavy atom. The number of ether oxygens (including phenoxy) is 4. The number of hydrogen-bond donors (Lipinski definition) is 3. The molecule has 6 atom stereocenters. The third kappa shape index (κ3) is 11.1. The van der Waals surface area contributed by atoms with Gasteiger partial charge in [-0.15, -0.1) is 9.05 Å². The summed E-state index contributed by atoms with van der Waals surface area (Å²) in [7, 11) is -1.48. The van der Waals surface area contributed by atoms with E-state index in [-0.39, 0.29) is 51.2 Å². The Balaban J connectivity index is 0.000000191. The third-order valence-corrected chi connectivity index (χ3v) is 12.6. The van der Waals surface area contributed by atoms with Crippen LogP contribution in [0.1, 0.15) is 49.3 Å². The van der Waals surface area contributed by atoms with Crippen LogP contribution in [0.2, 0.25) is 10.0 Å². The zero-order valence-corrected chi connectivity index (χ0v) is 36.6. The standard InChI is InChI=1S/C17H18ClN2O7PS.C17H18ClN2O6PS.CH3F/c1-23-13-4-2-3-10-8-24-28(22,27-15(10)13)25-9-11-5-6-14(26-11)20-7-12(18)16(21)19-17(20)29;1-22-13-4-2-3-10-8-23-27(26-15(10)13)24-9-11-5-6-14(25-11)20-7-12(18)16(21)19-17(20)28;1-2/h2-4,7,11,14,22H,5-6,8-9H2,1H3;2-4,7,11,14H,5-6,8-9H2,1H3,(H,19,21,28);1H3/p+1. The van der Waals surface area contributed by atoms with Crippen molar-refractivity contribution in [3.8, 4) is 23.0 Å². The first-order chi connectivity index (χ1) is 28.4. The number of benzene rings is 2. The smallest absolute Gasteiger partial charge is 0.493 e. The number of hydrogen-bond acceptors (Lipinski definition) is 15. The molecule has 24 heteroatoms. The van der Waals surface area contributed by atoms with Gasteiger partial charge in [0.2, 0.25) is 5.75 Å². The van der Waals surface area contributed by atoms with E-state index in [1.165, 1.54) is 19.5 Å². The zero-order valence-electron chi connectivity index (χ0n) is 31.7. The van der Waals surface area contributed by atoms with Crippen molar-refractivity contribution >= 4 is 64.4 Å². The van der Waals surface area contributed by atoms with Crippen molar-refractivity contribution in [2.75, 3.05) is 34.6 Å². The number of fused-ring (bicyclic) bond motifs is 2. The van der Waals surface area contributed by atoms with Crippen molar-refractivity contribution in [1.29, 1.82) is 0 Å². The molecule has 3 N–H and O–H groups in total. The lowest BCUT2D eigenvalue weighted by Gasteiger charge is -2.26. The van der Waals surface area contributed by atoms with Crippen LogP contribution in [-0.2, 0) is 40.8 Å². The molecular weight excluding hydrogens is 900 g/mol. The number of methoxy groups -OCH3 is 2. The maximum atomic E-state index is 11.5. The molecular formula is C35H40Cl2FN4O13P2S2+. The monoisotopic (exact) mass is 939 g/mol. The van der Waals surface area contributed by atoms with E-state index in [1.807, 2.05) is 30.3 Å². The number of halogens is 3. The fourth-order valence-electron chi connectivity index (χ4n) is 6.22. The summed E-state index contributed by atoms with van der Waals surface area (Å²) in [4.78, 5) is 38.7. The predicted molar refractivity (Wildman–Crippen MR) is 220 cm³/mol. The van der Waals surface area contributed by atoms with Crippen molar-refractivity contribution < 1.29 is 55.4 Å². The molecule has 0 radical (unpaired) electrons. The van der Waals surface area contributed by atoms with Crippen LogP contribution in [0.4, 0.5) is 4.39 Å². The lowest BCUT2D eigenvalue weighted by Crippen LogP contribution is -2.22. The van der Waals surface area contributed by atoms with E-state index in [2.05, 4.69) is 9.97 Å². The highest BCUT2D eigenvalue weighted by atomic mass is 35.5. The van der Waals surface area contributed by atoms with Crippen LogP contribution in [0.25, 0.3) is 0 Å². The van der Waals surface area contributed by atoms with Gasteiger partial charge in [-0.1, -0.05) is 47.5 Å². The number of aromatic nitrogens is 4. The Morgan fingerprint density at radius 3 is 1.92 bits per heavy atom. The molecule has 2 saturated heterocycles. The van der Waals surface area contributed by atoms with Crippen molar-refractivity contribution in [3.05, 3.63) is 100 Å². The van der Waals surface area contributed by atoms with Crippen LogP contribution in [0, 0.1) is 9.54 Å². The number of rotatable bonds is 10. The SMILES string of the molecule is CF.COc1cccc2c1OP(OCC1CCC(n3cc(Cl)c(=O)[nH]c3=S)O1)OC2.COc1cccc2c1O[P+](O)(OCC1CCC(n3cc(Cl)c(=O)[nH]c3=S)O1)OC2. The van der Waals surface area contributed by atoms with Crippen LogP contribution in [0.5, 0.6) is 23.0 Å². The second-order valence-corrected chi connectivity index (χ2v) is 17.1. The first kappa shape index (κ1) is 45.5. The lowest BCUT2D eigenvalue weighted by atomic mass is 10.2. The Morgan fingerprint density at radius 1 is 0.831 bits per heavy atom. The van der Waals surface area contributed by atoms with Crippen LogP contribution < -0.4 is 29.6 Å². The summed E-state index contributed by atoms with van der Waals surface area (Å²) in [6, 6.07) is 11.0. The first-order valence-electron chi connectivity index (χ1n) is 17.8. The number of alkyl halides is 1. The molecule has 2 aromatic heterocycles. The molecule has 0 bridgehead atoms. The van der Waals surface area contributed by atoms with Gasteiger partial charge in [0.1, 0.15) is 35.7 Å². The summed E-state index contributed by atoms with van der Waals surface area (Å²) in [5.74, 6) is 2.21. The van der Waals surface area contributed by atoms with E-state index in [9.17, 15) is 18.9 Å². The summed E-state index contributed by atoms with van der Waals surface area (Å²) in [6.45, 7) is 0.931. The molecule has 2 aromatic carbocycles. The topological polar surface area (TPSA) is 188 Å². The van der Waals surface area contributed by atoms with Gasteiger partial charge in [-0.3, -0.25) is 46.7 Å². The second kappa shape index (κ2) is 20.7. The van der Waals surface area contributed by atoms with E-state index in [0.29, 0.717) is 56.2 Å². The van der Waals surface area contributed by atoms with Crippen LogP contribution in [0.3, 0.4) is 0 Å². The van der Waals surface area contributed by atoms with E-state index < -0.39 is 34.1 Å². The summed E-state index contributed by atoms with van der Waals surface area (Å²) in [6.07, 6.45) is 4.57. The van der Waals surface area contributed by atoms with E-state index in [4.69, 9.17) is 93.7 Å². The average Bonchev–Trinajstić information content (AvgIpc) is 3.93. The van der Waals surface area contributed by atoms with Crippen molar-refractivity contribution in [2.24, 2.45) is 0 Å². The zero-order chi connectivity index (χ0) is 42.3. The van der Waals surface area contributed by atoms with Crippen LogP contribution >= 0.6 is 64.4 Å². The molecule has 17 nitrogen and oxygen atoms in total. The molecule has 6 heterocycles. The molecule has 320 valence electrons. The van der Waals surface area contributed by atoms with Gasteiger partial charge < -0.3 is 23.5 Å². The summed E-state index contributed by atoms with van der Waals surface area (Å²) < 4.78 is 69.7. The molecule has 0 amide bonds. The van der Waals surface area contributed by atoms with E-state index in [0.717, 1.165) is 24.0 Å². The normalized spacial score (nSPS) is 24.2. The van der Waals surface area contributed by atoms with Gasteiger partial charge in [0.05, 0.1) is 46.8 Å². The highest BCUT2D eigenvalue weighted by Crippen LogP contribution is 2.63. The number of H-pyrrole nitrogens is 2. The number of nitrogens with zero attached hydrogens (tertiary/aromatic N) is 2. The van der Waals surface area contributed by atoms with Gasteiger partial charge >= 0.3 is 16.8 Å². The third-order valence-electron chi connectivity index (χ3n) is 9.07. The number of para-hydroxylation sites is 2. The van der Waals surface area contributed by atoms with Crippen LogP contribution in [0.15, 0.2) is 58.4 Å². The molecule has 0 aliphatic carbocycles. The number of aromatic amines is 2. The van der Waals surface area contributed by atoms with Crippen LogP contribution in [-0.4, -0.2) is 70.8 Å². The molecule has 8 rings (SSSR count). The number of nitrogens with one attached hydrogen (secondary N) is 2. The Kier molecular flexibility index (Phi) is 15.9. The van der Waals surface area contributed by atoms with Gasteiger partial charge in [0.15, 0.2) is 26.8 Å².